The molecular formula is C24H25BrN6O4. The minimum atomic E-state index is -0.620. The van der Waals surface area contributed by atoms with Gasteiger partial charge in [0.25, 0.3) is 0 Å². The van der Waals surface area contributed by atoms with Crippen molar-refractivity contribution in [2.24, 2.45) is 0 Å². The van der Waals surface area contributed by atoms with Gasteiger partial charge in [-0.1, -0.05) is 0 Å². The molecule has 0 saturated carbocycles. The summed E-state index contributed by atoms with van der Waals surface area (Å²) >= 11 is 3.44. The van der Waals surface area contributed by atoms with Crippen molar-refractivity contribution < 1.29 is 19.0 Å². The molecule has 1 N–H and O–H groups in total. The molecule has 0 aliphatic carbocycles. The Labute approximate surface area is 210 Å². The molecule has 1 amide bonds. The van der Waals surface area contributed by atoms with E-state index in [9.17, 15) is 4.79 Å². The second-order valence-electron chi connectivity index (χ2n) is 9.28. The van der Waals surface area contributed by atoms with Crippen molar-refractivity contribution >= 4 is 49.9 Å². The molecule has 0 bridgehead atoms. The number of carbonyl (C=O) groups excluding carboxylic acids is 1. The minimum absolute atomic E-state index is 0.0766. The van der Waals surface area contributed by atoms with Crippen LogP contribution in [0.15, 0.2) is 47.6 Å². The first-order valence-corrected chi connectivity index (χ1v) is 12.1. The van der Waals surface area contributed by atoms with E-state index in [1.807, 2.05) is 28.8 Å². The van der Waals surface area contributed by atoms with Gasteiger partial charge < -0.3 is 14.2 Å². The number of hydrogen-bond acceptors (Lipinski definition) is 8. The highest BCUT2D eigenvalue weighted by Crippen LogP contribution is 2.32. The van der Waals surface area contributed by atoms with Crippen LogP contribution in [0.1, 0.15) is 39.8 Å². The average Bonchev–Trinajstić information content (AvgIpc) is 3.43. The third-order valence-corrected chi connectivity index (χ3v) is 5.87. The van der Waals surface area contributed by atoms with Gasteiger partial charge in [0.1, 0.15) is 30.5 Å². The number of hydrogen-bond donors (Lipinski definition) is 1. The van der Waals surface area contributed by atoms with E-state index in [-0.39, 0.29) is 18.1 Å². The van der Waals surface area contributed by atoms with Gasteiger partial charge in [-0.15, -0.1) is 0 Å². The fourth-order valence-corrected chi connectivity index (χ4v) is 4.27. The fourth-order valence-electron chi connectivity index (χ4n) is 3.92. The minimum Gasteiger partial charge on any atom is -0.491 e. The van der Waals surface area contributed by atoms with Gasteiger partial charge >= 0.3 is 6.09 Å². The molecular weight excluding hydrogens is 516 g/mol. The lowest BCUT2D eigenvalue weighted by atomic mass is 10.2. The number of fused-ring (bicyclic) bond motifs is 2. The Hall–Kier alpha value is -3.31. The van der Waals surface area contributed by atoms with Crippen molar-refractivity contribution in [3.05, 3.63) is 47.6 Å². The monoisotopic (exact) mass is 540 g/mol. The number of halogens is 1. The Bertz CT molecular complexity index is 1390. The average molecular weight is 541 g/mol. The molecule has 182 valence electrons. The normalized spacial score (nSPS) is 18.2. The molecule has 1 aliphatic heterocycles. The summed E-state index contributed by atoms with van der Waals surface area (Å²) in [5.74, 6) is 1.04. The van der Waals surface area contributed by atoms with Crippen molar-refractivity contribution in [3.63, 3.8) is 0 Å². The molecule has 4 aromatic rings. The van der Waals surface area contributed by atoms with Crippen LogP contribution in [-0.2, 0) is 9.47 Å². The van der Waals surface area contributed by atoms with Gasteiger partial charge in [0, 0.05) is 22.1 Å². The quantitative estimate of drug-likeness (QED) is 0.365. The number of ether oxygens (including phenoxy) is 3. The molecule has 5 rings (SSSR count). The van der Waals surface area contributed by atoms with E-state index in [0.29, 0.717) is 17.8 Å². The SMILES string of the molecule is CC(C)(C)OC(=O)Nc1ncnc2c1ncn2C1CCC(COc2ccc3cc(Br)cnc3c2)O1. The number of amides is 1. The van der Waals surface area contributed by atoms with Crippen LogP contribution in [0.3, 0.4) is 0 Å². The zero-order valence-electron chi connectivity index (χ0n) is 19.6. The summed E-state index contributed by atoms with van der Waals surface area (Å²) in [5, 5.41) is 3.69. The Morgan fingerprint density at radius 2 is 2.06 bits per heavy atom. The number of pyridine rings is 1. The first-order chi connectivity index (χ1) is 16.7. The van der Waals surface area contributed by atoms with E-state index in [1.165, 1.54) is 6.33 Å². The lowest BCUT2D eigenvalue weighted by Gasteiger charge is -2.19. The highest BCUT2D eigenvalue weighted by Gasteiger charge is 2.29. The molecule has 2 atom stereocenters. The Morgan fingerprint density at radius 3 is 2.89 bits per heavy atom. The molecule has 1 fully saturated rings. The molecule has 35 heavy (non-hydrogen) atoms. The lowest BCUT2D eigenvalue weighted by molar-refractivity contribution is -0.0158. The summed E-state index contributed by atoms with van der Waals surface area (Å²) in [6.07, 6.45) is 5.50. The number of carbonyl (C=O) groups is 1. The van der Waals surface area contributed by atoms with Crippen molar-refractivity contribution in [1.82, 2.24) is 24.5 Å². The maximum Gasteiger partial charge on any atom is 0.413 e. The van der Waals surface area contributed by atoms with Crippen molar-refractivity contribution in [3.8, 4) is 5.75 Å². The standard InChI is InChI=1S/C24H25BrN6O4/c1-24(2,3)35-23(32)30-21-20-22(28-12-27-21)31(13-29-20)19-7-6-17(34-19)11-33-16-5-4-14-8-15(25)10-26-18(14)9-16/h4-5,8-10,12-13,17,19H,6-7,11H2,1-3H3,(H,27,28,30,32). The first kappa shape index (κ1) is 23.4. The molecule has 2 unspecified atom stereocenters. The Kier molecular flexibility index (Phi) is 6.28. The second kappa shape index (κ2) is 9.38. The van der Waals surface area contributed by atoms with E-state index in [4.69, 9.17) is 14.2 Å². The molecule has 1 saturated heterocycles. The predicted molar refractivity (Wildman–Crippen MR) is 133 cm³/mol. The molecule has 0 spiro atoms. The second-order valence-corrected chi connectivity index (χ2v) is 10.2. The van der Waals surface area contributed by atoms with E-state index < -0.39 is 11.7 Å². The van der Waals surface area contributed by atoms with Crippen LogP contribution in [0.4, 0.5) is 10.6 Å². The number of rotatable bonds is 5. The largest absolute Gasteiger partial charge is 0.491 e. The zero-order valence-corrected chi connectivity index (χ0v) is 21.2. The van der Waals surface area contributed by atoms with Crippen molar-refractivity contribution in [2.75, 3.05) is 11.9 Å². The highest BCUT2D eigenvalue weighted by molar-refractivity contribution is 9.10. The van der Waals surface area contributed by atoms with Crippen LogP contribution in [0.2, 0.25) is 0 Å². The van der Waals surface area contributed by atoms with Gasteiger partial charge in [0.05, 0.1) is 17.9 Å². The summed E-state index contributed by atoms with van der Waals surface area (Å²) in [4.78, 5) is 29.5. The number of benzene rings is 1. The number of nitrogens with zero attached hydrogens (tertiary/aromatic N) is 5. The zero-order chi connectivity index (χ0) is 24.6. The molecule has 1 aliphatic rings. The smallest absolute Gasteiger partial charge is 0.413 e. The van der Waals surface area contributed by atoms with E-state index in [0.717, 1.165) is 34.0 Å². The summed E-state index contributed by atoms with van der Waals surface area (Å²) in [6.45, 7) is 5.81. The third kappa shape index (κ3) is 5.35. The lowest BCUT2D eigenvalue weighted by Crippen LogP contribution is -2.27. The van der Waals surface area contributed by atoms with Gasteiger partial charge in [0.2, 0.25) is 0 Å². The topological polar surface area (TPSA) is 113 Å². The van der Waals surface area contributed by atoms with Crippen LogP contribution in [0, 0.1) is 0 Å². The maximum atomic E-state index is 12.2. The number of aromatic nitrogens is 5. The van der Waals surface area contributed by atoms with E-state index >= 15 is 0 Å². The molecule has 1 aromatic carbocycles. The van der Waals surface area contributed by atoms with Gasteiger partial charge in [-0.25, -0.2) is 19.7 Å². The summed E-state index contributed by atoms with van der Waals surface area (Å²) in [5.41, 5.74) is 1.29. The van der Waals surface area contributed by atoms with Crippen molar-refractivity contribution in [2.45, 2.75) is 51.5 Å². The molecule has 0 radical (unpaired) electrons. The molecule has 3 aromatic heterocycles. The van der Waals surface area contributed by atoms with Crippen LogP contribution in [-0.4, -0.2) is 48.9 Å². The fraction of sp³-hybridized carbons (Fsp3) is 0.375. The van der Waals surface area contributed by atoms with Gasteiger partial charge in [-0.05, 0) is 67.7 Å². The van der Waals surface area contributed by atoms with Crippen LogP contribution >= 0.6 is 15.9 Å². The molecule has 10 nitrogen and oxygen atoms in total. The summed E-state index contributed by atoms with van der Waals surface area (Å²) < 4.78 is 20.3. The van der Waals surface area contributed by atoms with E-state index in [1.54, 1.807) is 33.3 Å². The third-order valence-electron chi connectivity index (χ3n) is 5.43. The molecule has 11 heteroatoms. The van der Waals surface area contributed by atoms with E-state index in [2.05, 4.69) is 41.2 Å². The van der Waals surface area contributed by atoms with Gasteiger partial charge in [0.15, 0.2) is 17.0 Å². The number of imidazole rings is 1. The van der Waals surface area contributed by atoms with Crippen molar-refractivity contribution in [1.29, 1.82) is 0 Å². The first-order valence-electron chi connectivity index (χ1n) is 11.3. The molecule has 4 heterocycles. The Morgan fingerprint density at radius 1 is 1.20 bits per heavy atom. The van der Waals surface area contributed by atoms with Crippen LogP contribution in [0.5, 0.6) is 5.75 Å². The summed E-state index contributed by atoms with van der Waals surface area (Å²) in [6, 6.07) is 7.86. The van der Waals surface area contributed by atoms with Gasteiger partial charge in [-0.3, -0.25) is 14.9 Å². The number of nitrogens with one attached hydrogen (secondary N) is 1. The predicted octanol–water partition coefficient (Wildman–Crippen LogP) is 5.24. The van der Waals surface area contributed by atoms with Crippen LogP contribution < -0.4 is 10.1 Å². The maximum absolute atomic E-state index is 12.2. The highest BCUT2D eigenvalue weighted by atomic mass is 79.9. The Balaban J connectivity index is 1.24. The number of anilines is 1. The summed E-state index contributed by atoms with van der Waals surface area (Å²) in [7, 11) is 0. The van der Waals surface area contributed by atoms with Crippen LogP contribution in [0.25, 0.3) is 22.1 Å². The van der Waals surface area contributed by atoms with Gasteiger partial charge in [-0.2, -0.15) is 0 Å².